The third-order valence-electron chi connectivity index (χ3n) is 4.61. The Labute approximate surface area is 146 Å². The first-order valence-electron chi connectivity index (χ1n) is 8.71. The predicted octanol–water partition coefficient (Wildman–Crippen LogP) is 2.67. The maximum atomic E-state index is 13.2. The monoisotopic (exact) mass is 333 g/mol. The lowest BCUT2D eigenvalue weighted by molar-refractivity contribution is 0.277. The van der Waals surface area contributed by atoms with Crippen LogP contribution in [0.2, 0.25) is 0 Å². The molecular formula is C21H20FN3. The first-order chi connectivity index (χ1) is 12.3. The minimum Gasteiger partial charge on any atom is -0.371 e. The molecule has 2 aliphatic rings. The van der Waals surface area contributed by atoms with E-state index in [9.17, 15) is 4.39 Å². The number of anilines is 1. The van der Waals surface area contributed by atoms with Crippen LogP contribution in [0.25, 0.3) is 6.08 Å². The Balaban J connectivity index is 1.50. The van der Waals surface area contributed by atoms with Crippen molar-refractivity contribution >= 4 is 11.8 Å². The van der Waals surface area contributed by atoms with Gasteiger partial charge < -0.3 is 9.88 Å². The molecule has 0 bridgehead atoms. The van der Waals surface area contributed by atoms with Gasteiger partial charge in [0.05, 0.1) is 5.69 Å². The number of aromatic amines is 1. The quantitative estimate of drug-likeness (QED) is 0.800. The molecule has 1 fully saturated rings. The number of halogens is 1. The van der Waals surface area contributed by atoms with Crippen LogP contribution in [-0.4, -0.2) is 24.2 Å². The third kappa shape index (κ3) is 3.66. The topological polar surface area (TPSA) is 31.4 Å². The van der Waals surface area contributed by atoms with Gasteiger partial charge in [-0.3, -0.25) is 0 Å². The molecule has 4 rings (SSSR count). The molecule has 1 saturated heterocycles. The lowest BCUT2D eigenvalue weighted by Crippen LogP contribution is -2.34. The predicted molar refractivity (Wildman–Crippen MR) is 98.6 cm³/mol. The third-order valence-corrected chi connectivity index (χ3v) is 4.61. The zero-order valence-corrected chi connectivity index (χ0v) is 14.0. The zero-order chi connectivity index (χ0) is 17.1. The summed E-state index contributed by atoms with van der Waals surface area (Å²) in [7, 11) is 0. The van der Waals surface area contributed by atoms with E-state index in [0.717, 1.165) is 47.2 Å². The molecule has 25 heavy (non-hydrogen) atoms. The number of nitrogens with zero attached hydrogens (tertiary/aromatic N) is 2. The van der Waals surface area contributed by atoms with Gasteiger partial charge in [-0.1, -0.05) is 18.1 Å². The molecule has 0 spiro atoms. The zero-order valence-electron chi connectivity index (χ0n) is 14.0. The number of piperidine rings is 1. The Morgan fingerprint density at radius 1 is 1.12 bits per heavy atom. The van der Waals surface area contributed by atoms with Gasteiger partial charge in [-0.05, 0) is 55.5 Å². The van der Waals surface area contributed by atoms with Gasteiger partial charge >= 0.3 is 0 Å². The molecule has 0 amide bonds. The molecule has 4 heteroatoms. The number of hydrogen-bond acceptors (Lipinski definition) is 2. The Bertz CT molecular complexity index is 949. The summed E-state index contributed by atoms with van der Waals surface area (Å²) in [5.41, 5.74) is 3.85. The highest BCUT2D eigenvalue weighted by Gasteiger charge is 2.18. The van der Waals surface area contributed by atoms with Crippen LogP contribution in [0.1, 0.15) is 30.5 Å². The number of benzene rings is 1. The summed E-state index contributed by atoms with van der Waals surface area (Å²) in [4.78, 5) is 9.84. The number of allylic oxidation sites excluding steroid dienone is 1. The Kier molecular flexibility index (Phi) is 4.39. The first-order valence-corrected chi connectivity index (χ1v) is 8.71. The van der Waals surface area contributed by atoms with Gasteiger partial charge in [0.2, 0.25) is 0 Å². The van der Waals surface area contributed by atoms with Crippen LogP contribution in [0.15, 0.2) is 47.6 Å². The largest absolute Gasteiger partial charge is 0.371 e. The lowest BCUT2D eigenvalue weighted by atomic mass is 10.1. The van der Waals surface area contributed by atoms with E-state index in [1.54, 1.807) is 0 Å². The van der Waals surface area contributed by atoms with Gasteiger partial charge in [0.1, 0.15) is 11.7 Å². The van der Waals surface area contributed by atoms with Crippen molar-refractivity contribution in [2.75, 3.05) is 18.0 Å². The second-order valence-corrected chi connectivity index (χ2v) is 6.40. The molecule has 1 aromatic carbocycles. The average Bonchev–Trinajstić information content (AvgIpc) is 2.90. The fourth-order valence-electron chi connectivity index (χ4n) is 3.17. The van der Waals surface area contributed by atoms with Crippen LogP contribution >= 0.6 is 0 Å². The number of fused-ring (bicyclic) bond motifs is 1. The van der Waals surface area contributed by atoms with Crippen molar-refractivity contribution in [3.05, 3.63) is 64.6 Å². The molecule has 2 aromatic rings. The second kappa shape index (κ2) is 6.98. The number of H-pyrrole nitrogens is 1. The maximum absolute atomic E-state index is 13.2. The van der Waals surface area contributed by atoms with Crippen LogP contribution in [0.3, 0.4) is 0 Å². The molecular weight excluding hydrogens is 313 g/mol. The van der Waals surface area contributed by atoms with E-state index in [0.29, 0.717) is 12.8 Å². The standard InChI is InChI=1S/C21H20FN3/c22-18-10-13-25(14-11-18)20-8-5-16(6-9-20)4-7-19-15-17-3-1-2-12-23-21(17)24-19/h2-3,5-6,8-9,12,15,18H,1,10-11,13-14H2,(H,23,24). The van der Waals surface area contributed by atoms with Gasteiger partial charge in [0, 0.05) is 35.8 Å². The van der Waals surface area contributed by atoms with Crippen LogP contribution in [-0.2, 0) is 0 Å². The molecule has 3 heterocycles. The van der Waals surface area contributed by atoms with E-state index in [1.165, 1.54) is 0 Å². The van der Waals surface area contributed by atoms with Gasteiger partial charge in [-0.15, -0.1) is 0 Å². The summed E-state index contributed by atoms with van der Waals surface area (Å²) in [6.45, 7) is 1.57. The van der Waals surface area contributed by atoms with Crippen molar-refractivity contribution in [3.8, 4) is 11.8 Å². The average molecular weight is 333 g/mol. The SMILES string of the molecule is FC1CCN(c2ccc(C#Cc3cc4c([nH]3)=NC=CCC=4)cc2)CC1. The molecule has 0 aliphatic carbocycles. The minimum absolute atomic E-state index is 0.621. The van der Waals surface area contributed by atoms with Crippen LogP contribution < -0.4 is 15.6 Å². The van der Waals surface area contributed by atoms with Gasteiger partial charge in [-0.25, -0.2) is 9.38 Å². The molecule has 0 unspecified atom stereocenters. The molecule has 126 valence electrons. The van der Waals surface area contributed by atoms with Crippen molar-refractivity contribution in [2.24, 2.45) is 4.99 Å². The minimum atomic E-state index is -0.642. The van der Waals surface area contributed by atoms with Crippen LogP contribution in [0.4, 0.5) is 10.1 Å². The summed E-state index contributed by atoms with van der Waals surface area (Å²) < 4.78 is 13.2. The summed E-state index contributed by atoms with van der Waals surface area (Å²) in [5, 5.41) is 1.10. The van der Waals surface area contributed by atoms with Crippen molar-refractivity contribution in [1.29, 1.82) is 0 Å². The second-order valence-electron chi connectivity index (χ2n) is 6.40. The molecule has 1 N–H and O–H groups in total. The van der Waals surface area contributed by atoms with Crippen molar-refractivity contribution in [3.63, 3.8) is 0 Å². The lowest BCUT2D eigenvalue weighted by Gasteiger charge is -2.30. The van der Waals surface area contributed by atoms with E-state index in [4.69, 9.17) is 0 Å². The summed E-state index contributed by atoms with van der Waals surface area (Å²) >= 11 is 0. The smallest absolute Gasteiger partial charge is 0.137 e. The van der Waals surface area contributed by atoms with Crippen LogP contribution in [0.5, 0.6) is 0 Å². The van der Waals surface area contributed by atoms with Crippen molar-refractivity contribution in [2.45, 2.75) is 25.4 Å². The van der Waals surface area contributed by atoms with E-state index in [1.807, 2.05) is 30.5 Å². The fourth-order valence-corrected chi connectivity index (χ4v) is 3.17. The summed E-state index contributed by atoms with van der Waals surface area (Å²) in [6, 6.07) is 10.2. The normalized spacial score (nSPS) is 16.9. The molecule has 2 aliphatic heterocycles. The highest BCUT2D eigenvalue weighted by molar-refractivity contribution is 5.51. The summed E-state index contributed by atoms with van der Waals surface area (Å²) in [6.07, 6.45) is 7.47. The van der Waals surface area contributed by atoms with E-state index in [-0.39, 0.29) is 0 Å². The van der Waals surface area contributed by atoms with E-state index < -0.39 is 6.17 Å². The first kappa shape index (κ1) is 15.7. The maximum Gasteiger partial charge on any atom is 0.137 e. The number of aromatic nitrogens is 1. The molecule has 0 radical (unpaired) electrons. The molecule has 1 aromatic heterocycles. The van der Waals surface area contributed by atoms with Gasteiger partial charge in [0.15, 0.2) is 0 Å². The van der Waals surface area contributed by atoms with Gasteiger partial charge in [-0.2, -0.15) is 0 Å². The van der Waals surface area contributed by atoms with E-state index >= 15 is 0 Å². The Morgan fingerprint density at radius 2 is 1.92 bits per heavy atom. The van der Waals surface area contributed by atoms with Crippen molar-refractivity contribution < 1.29 is 4.39 Å². The van der Waals surface area contributed by atoms with E-state index in [2.05, 4.69) is 44.9 Å². The number of rotatable bonds is 1. The Morgan fingerprint density at radius 3 is 2.72 bits per heavy atom. The van der Waals surface area contributed by atoms with Crippen LogP contribution in [0, 0.1) is 11.8 Å². The molecule has 3 nitrogen and oxygen atoms in total. The highest BCUT2D eigenvalue weighted by Crippen LogP contribution is 2.21. The molecule has 0 atom stereocenters. The Hall–Kier alpha value is -2.80. The van der Waals surface area contributed by atoms with Crippen molar-refractivity contribution in [1.82, 2.24) is 4.98 Å². The molecule has 0 saturated carbocycles. The highest BCUT2D eigenvalue weighted by atomic mass is 19.1. The number of alkyl halides is 1. The fraction of sp³-hybridized carbons (Fsp3) is 0.286. The van der Waals surface area contributed by atoms with Gasteiger partial charge in [0.25, 0.3) is 0 Å². The number of nitrogens with one attached hydrogen (secondary N) is 1. The number of hydrogen-bond donors (Lipinski definition) is 1. The summed E-state index contributed by atoms with van der Waals surface area (Å²) in [5.74, 6) is 6.36.